The largest absolute Gasteiger partial charge is 0.486 e. The number of fused-ring (bicyclic) bond motifs is 1. The number of carbonyl (C=O) groups is 1. The molecule has 1 N–H and O–H groups in total. The molecule has 0 spiro atoms. The van der Waals surface area contributed by atoms with Gasteiger partial charge >= 0.3 is 0 Å². The molecule has 2 aromatic rings. The Hall–Kier alpha value is -2.01. The lowest BCUT2D eigenvalue weighted by Gasteiger charge is -2.25. The van der Waals surface area contributed by atoms with Crippen molar-refractivity contribution in [2.45, 2.75) is 33.7 Å². The van der Waals surface area contributed by atoms with Gasteiger partial charge in [-0.1, -0.05) is 19.9 Å². The third kappa shape index (κ3) is 3.41. The molecule has 0 radical (unpaired) electrons. The highest BCUT2D eigenvalue weighted by Gasteiger charge is 2.22. The van der Waals surface area contributed by atoms with Crippen LogP contribution in [-0.2, 0) is 0 Å². The highest BCUT2D eigenvalue weighted by Crippen LogP contribution is 2.34. The number of ether oxygens (including phenoxy) is 2. The maximum absolute atomic E-state index is 12.6. The minimum atomic E-state index is -0.0731. The lowest BCUT2D eigenvalue weighted by Crippen LogP contribution is -2.31. The summed E-state index contributed by atoms with van der Waals surface area (Å²) in [6, 6.07) is 7.78. The number of hydrogen-bond acceptors (Lipinski definition) is 4. The third-order valence-electron chi connectivity index (χ3n) is 4.27. The summed E-state index contributed by atoms with van der Waals surface area (Å²) < 4.78 is 11.2. The van der Waals surface area contributed by atoms with Crippen molar-refractivity contribution in [3.63, 3.8) is 0 Å². The van der Waals surface area contributed by atoms with Crippen LogP contribution in [0.15, 0.2) is 24.3 Å². The van der Waals surface area contributed by atoms with Gasteiger partial charge < -0.3 is 14.8 Å². The van der Waals surface area contributed by atoms with Crippen LogP contribution in [0.5, 0.6) is 11.5 Å². The molecule has 1 aliphatic heterocycles. The van der Waals surface area contributed by atoms with Gasteiger partial charge in [-0.3, -0.25) is 4.79 Å². The van der Waals surface area contributed by atoms with E-state index in [1.54, 1.807) is 0 Å². The minimum Gasteiger partial charge on any atom is -0.486 e. The number of nitrogens with one attached hydrogen (secondary N) is 1. The normalized spacial score (nSPS) is 14.5. The average Bonchev–Trinajstić information content (AvgIpc) is 2.91. The van der Waals surface area contributed by atoms with Crippen LogP contribution in [0, 0.1) is 19.8 Å². The van der Waals surface area contributed by atoms with Crippen molar-refractivity contribution in [1.82, 2.24) is 5.32 Å². The van der Waals surface area contributed by atoms with E-state index in [-0.39, 0.29) is 17.9 Å². The standard InChI is InChI=1S/C19H23NO3S/c1-11(2)18(20-19(21)17-9-12(3)13(4)24-17)14-5-6-15-16(10-14)23-8-7-22-15/h5-6,9-11,18H,7-8H2,1-4H3,(H,20,21)/t18-/m1/s1. The molecule has 1 aromatic carbocycles. The molecule has 1 atom stereocenters. The van der Waals surface area contributed by atoms with E-state index >= 15 is 0 Å². The van der Waals surface area contributed by atoms with Crippen LogP contribution < -0.4 is 14.8 Å². The summed E-state index contributed by atoms with van der Waals surface area (Å²) in [5.41, 5.74) is 2.19. The Morgan fingerprint density at radius 2 is 1.83 bits per heavy atom. The molecule has 1 aromatic heterocycles. The highest BCUT2D eigenvalue weighted by molar-refractivity contribution is 7.14. The van der Waals surface area contributed by atoms with Crippen molar-refractivity contribution in [1.29, 1.82) is 0 Å². The minimum absolute atomic E-state index is 0.0233. The molecule has 1 amide bonds. The molecular formula is C19H23NO3S. The van der Waals surface area contributed by atoms with Gasteiger partial charge in [0.1, 0.15) is 13.2 Å². The molecule has 0 fully saturated rings. The van der Waals surface area contributed by atoms with E-state index in [0.29, 0.717) is 13.2 Å². The first-order valence-corrected chi connectivity index (χ1v) is 9.05. The van der Waals surface area contributed by atoms with E-state index in [2.05, 4.69) is 19.2 Å². The molecule has 4 nitrogen and oxygen atoms in total. The number of carbonyl (C=O) groups excluding carboxylic acids is 1. The molecule has 24 heavy (non-hydrogen) atoms. The molecule has 2 heterocycles. The Bertz CT molecular complexity index is 732. The van der Waals surface area contributed by atoms with E-state index < -0.39 is 0 Å². The van der Waals surface area contributed by atoms with Crippen LogP contribution in [0.1, 0.15) is 45.6 Å². The second-order valence-electron chi connectivity index (χ2n) is 6.45. The van der Waals surface area contributed by atoms with Crippen molar-refractivity contribution in [2.75, 3.05) is 13.2 Å². The number of aryl methyl sites for hydroxylation is 2. The monoisotopic (exact) mass is 345 g/mol. The van der Waals surface area contributed by atoms with E-state index in [1.807, 2.05) is 38.1 Å². The van der Waals surface area contributed by atoms with E-state index in [9.17, 15) is 4.79 Å². The molecule has 0 bridgehead atoms. The Morgan fingerprint density at radius 3 is 2.46 bits per heavy atom. The Morgan fingerprint density at radius 1 is 1.12 bits per heavy atom. The Balaban J connectivity index is 1.83. The zero-order valence-corrected chi connectivity index (χ0v) is 15.3. The van der Waals surface area contributed by atoms with Crippen molar-refractivity contribution < 1.29 is 14.3 Å². The van der Waals surface area contributed by atoms with Gasteiger partial charge in [-0.15, -0.1) is 11.3 Å². The van der Waals surface area contributed by atoms with Crippen LogP contribution in [0.25, 0.3) is 0 Å². The number of hydrogen-bond donors (Lipinski definition) is 1. The molecule has 128 valence electrons. The summed E-state index contributed by atoms with van der Waals surface area (Å²) in [5.74, 6) is 1.76. The molecule has 5 heteroatoms. The van der Waals surface area contributed by atoms with Crippen molar-refractivity contribution >= 4 is 17.2 Å². The van der Waals surface area contributed by atoms with Crippen LogP contribution >= 0.6 is 11.3 Å². The quantitative estimate of drug-likeness (QED) is 0.900. The fourth-order valence-electron chi connectivity index (χ4n) is 2.79. The zero-order chi connectivity index (χ0) is 17.3. The van der Waals surface area contributed by atoms with Crippen molar-refractivity contribution in [3.05, 3.63) is 45.1 Å². The van der Waals surface area contributed by atoms with Crippen LogP contribution in [-0.4, -0.2) is 19.1 Å². The van der Waals surface area contributed by atoms with Gasteiger partial charge in [-0.25, -0.2) is 0 Å². The molecule has 0 saturated carbocycles. The summed E-state index contributed by atoms with van der Waals surface area (Å²) in [6.45, 7) is 9.41. The summed E-state index contributed by atoms with van der Waals surface area (Å²) in [6.07, 6.45) is 0. The smallest absolute Gasteiger partial charge is 0.261 e. The van der Waals surface area contributed by atoms with Gasteiger partial charge in [0.15, 0.2) is 11.5 Å². The molecule has 1 aliphatic rings. The van der Waals surface area contributed by atoms with Gasteiger partial charge in [0.25, 0.3) is 5.91 Å². The third-order valence-corrected chi connectivity index (χ3v) is 5.42. The van der Waals surface area contributed by atoms with E-state index in [0.717, 1.165) is 27.5 Å². The first-order chi connectivity index (χ1) is 11.5. The predicted octanol–water partition coefficient (Wildman–Crippen LogP) is 4.26. The predicted molar refractivity (Wildman–Crippen MR) is 96.3 cm³/mol. The van der Waals surface area contributed by atoms with Crippen LogP contribution in [0.2, 0.25) is 0 Å². The van der Waals surface area contributed by atoms with Gasteiger partial charge in [-0.05, 0) is 49.1 Å². The molecule has 3 rings (SSSR count). The molecule has 0 aliphatic carbocycles. The Kier molecular flexibility index (Phi) is 4.81. The first kappa shape index (κ1) is 16.8. The molecule has 0 unspecified atom stereocenters. The van der Waals surface area contributed by atoms with E-state index in [1.165, 1.54) is 16.2 Å². The van der Waals surface area contributed by atoms with Crippen molar-refractivity contribution in [2.24, 2.45) is 5.92 Å². The fraction of sp³-hybridized carbons (Fsp3) is 0.421. The lowest BCUT2D eigenvalue weighted by molar-refractivity contribution is 0.0929. The van der Waals surface area contributed by atoms with Crippen LogP contribution in [0.3, 0.4) is 0 Å². The average molecular weight is 345 g/mol. The van der Waals surface area contributed by atoms with Gasteiger partial charge in [0, 0.05) is 4.88 Å². The van der Waals surface area contributed by atoms with Gasteiger partial charge in [0.2, 0.25) is 0 Å². The second kappa shape index (κ2) is 6.85. The summed E-state index contributed by atoms with van der Waals surface area (Å²) in [4.78, 5) is 14.6. The second-order valence-corrected chi connectivity index (χ2v) is 7.70. The van der Waals surface area contributed by atoms with Gasteiger partial charge in [0.05, 0.1) is 10.9 Å². The summed E-state index contributed by atoms with van der Waals surface area (Å²) >= 11 is 1.54. The topological polar surface area (TPSA) is 47.6 Å². The van der Waals surface area contributed by atoms with Crippen LogP contribution in [0.4, 0.5) is 0 Å². The van der Waals surface area contributed by atoms with E-state index in [4.69, 9.17) is 9.47 Å². The maximum Gasteiger partial charge on any atom is 0.261 e. The molecule has 0 saturated heterocycles. The highest BCUT2D eigenvalue weighted by atomic mass is 32.1. The Labute approximate surface area is 146 Å². The zero-order valence-electron chi connectivity index (χ0n) is 14.5. The maximum atomic E-state index is 12.6. The number of benzene rings is 1. The fourth-order valence-corrected chi connectivity index (χ4v) is 3.72. The summed E-state index contributed by atoms with van der Waals surface area (Å²) in [7, 11) is 0. The number of amides is 1. The SMILES string of the molecule is Cc1cc(C(=O)N[C@@H](c2ccc3c(c2)OCCO3)C(C)C)sc1C. The van der Waals surface area contributed by atoms with Gasteiger partial charge in [-0.2, -0.15) is 0 Å². The number of rotatable bonds is 4. The number of thiophene rings is 1. The van der Waals surface area contributed by atoms with Crippen molar-refractivity contribution in [3.8, 4) is 11.5 Å². The lowest BCUT2D eigenvalue weighted by atomic mass is 9.95. The first-order valence-electron chi connectivity index (χ1n) is 8.23. The molecular weight excluding hydrogens is 322 g/mol. The summed E-state index contributed by atoms with van der Waals surface area (Å²) in [5, 5.41) is 3.17.